The van der Waals surface area contributed by atoms with Crippen LogP contribution < -0.4 is 15.9 Å². The molecule has 0 radical (unpaired) electrons. The molecule has 0 aromatic heterocycles. The Bertz CT molecular complexity index is 467. The van der Waals surface area contributed by atoms with E-state index in [1.54, 1.807) is 0 Å². The Hall–Kier alpha value is -1.82. The first-order valence-corrected chi connectivity index (χ1v) is 6.15. The lowest BCUT2D eigenvalue weighted by Gasteiger charge is -2.14. The summed E-state index contributed by atoms with van der Waals surface area (Å²) in [7, 11) is -0.616. The number of benzene rings is 2. The van der Waals surface area contributed by atoms with E-state index in [2.05, 4.69) is 0 Å². The highest BCUT2D eigenvalue weighted by Gasteiger charge is 2.25. The highest BCUT2D eigenvalue weighted by Crippen LogP contribution is 2.10. The van der Waals surface area contributed by atoms with Crippen LogP contribution in [0, 0.1) is 0 Å². The summed E-state index contributed by atoms with van der Waals surface area (Å²) in [4.78, 5) is 10.3. The van der Waals surface area contributed by atoms with Crippen molar-refractivity contribution < 1.29 is 14.3 Å². The summed E-state index contributed by atoms with van der Waals surface area (Å²) < 4.78 is 5.76. The number of rotatable bonds is 7. The monoisotopic (exact) mass is 257 g/mol. The first kappa shape index (κ1) is 13.6. The van der Waals surface area contributed by atoms with Gasteiger partial charge in [-0.3, -0.25) is 0 Å². The maximum Gasteiger partial charge on any atom is 0.591 e. The third-order valence-corrected chi connectivity index (χ3v) is 2.41. The quantitative estimate of drug-likeness (QED) is 0.352. The van der Waals surface area contributed by atoms with E-state index in [9.17, 15) is 0 Å². The second-order valence-electron chi connectivity index (χ2n) is 3.88. The maximum atomic E-state index is 5.76. The number of para-hydroxylation sites is 1. The van der Waals surface area contributed by atoms with Crippen LogP contribution in [-0.4, -0.2) is 20.3 Å². The Labute approximate surface area is 113 Å². The minimum absolute atomic E-state index is 0.321. The van der Waals surface area contributed by atoms with E-state index >= 15 is 0 Å². The van der Waals surface area contributed by atoms with E-state index in [1.807, 2.05) is 60.7 Å². The maximum absolute atomic E-state index is 5.76. The summed E-state index contributed by atoms with van der Waals surface area (Å²) in [5.41, 5.74) is 6.24. The molecule has 0 aliphatic carbocycles. The van der Waals surface area contributed by atoms with Crippen molar-refractivity contribution in [3.63, 3.8) is 0 Å². The van der Waals surface area contributed by atoms with E-state index in [0.29, 0.717) is 18.9 Å². The summed E-state index contributed by atoms with van der Waals surface area (Å²) in [5, 5.41) is 0. The fourth-order valence-electron chi connectivity index (χ4n) is 1.53. The second kappa shape index (κ2) is 7.58. The lowest BCUT2D eigenvalue weighted by Crippen LogP contribution is -2.40. The van der Waals surface area contributed by atoms with E-state index in [1.165, 1.54) is 0 Å². The Balaban J connectivity index is 2.06. The molecule has 2 N–H and O–H groups in total. The fraction of sp³-hybridized carbons (Fsp3) is 0.143. The normalized spacial score (nSPS) is 10.2. The van der Waals surface area contributed by atoms with Crippen molar-refractivity contribution in [2.45, 2.75) is 0 Å². The lowest BCUT2D eigenvalue weighted by molar-refractivity contribution is -0.216. The van der Waals surface area contributed by atoms with Crippen LogP contribution in [0.2, 0.25) is 0 Å². The molecule has 0 atom stereocenters. The van der Waals surface area contributed by atoms with Gasteiger partial charge in [-0.05, 0) is 17.6 Å². The van der Waals surface area contributed by atoms with Crippen LogP contribution in [0.1, 0.15) is 0 Å². The highest BCUT2D eigenvalue weighted by molar-refractivity contribution is 6.61. The summed E-state index contributed by atoms with van der Waals surface area (Å²) >= 11 is 0. The van der Waals surface area contributed by atoms with Crippen LogP contribution in [0.3, 0.4) is 0 Å². The van der Waals surface area contributed by atoms with Crippen LogP contribution in [0.25, 0.3) is 0 Å². The molecule has 4 nitrogen and oxygen atoms in total. The summed E-state index contributed by atoms with van der Waals surface area (Å²) in [6, 6.07) is 19.1. The molecule has 0 saturated carbocycles. The molecule has 0 spiro atoms. The van der Waals surface area contributed by atoms with Gasteiger partial charge in [0.2, 0.25) is 0 Å². The molecule has 5 heteroatoms. The summed E-state index contributed by atoms with van der Waals surface area (Å²) in [6.45, 7) is 0.717. The Morgan fingerprint density at radius 1 is 0.895 bits per heavy atom. The molecule has 0 bridgehead atoms. The van der Waals surface area contributed by atoms with Gasteiger partial charge < -0.3 is 10.4 Å². The molecular formula is C14H16BNO3. The average molecular weight is 257 g/mol. The van der Waals surface area contributed by atoms with E-state index < -0.39 is 7.12 Å². The van der Waals surface area contributed by atoms with Crippen molar-refractivity contribution in [2.75, 3.05) is 13.2 Å². The van der Waals surface area contributed by atoms with E-state index in [0.717, 1.165) is 5.46 Å². The van der Waals surface area contributed by atoms with Crippen molar-refractivity contribution in [1.82, 2.24) is 0 Å². The van der Waals surface area contributed by atoms with Gasteiger partial charge in [-0.25, -0.2) is 9.69 Å². The molecule has 0 amide bonds. The largest absolute Gasteiger partial charge is 0.591 e. The molecule has 98 valence electrons. The molecule has 2 aromatic carbocycles. The zero-order valence-corrected chi connectivity index (χ0v) is 10.6. The van der Waals surface area contributed by atoms with Crippen molar-refractivity contribution in [1.29, 1.82) is 0 Å². The Morgan fingerprint density at radius 2 is 1.53 bits per heavy atom. The predicted molar refractivity (Wildman–Crippen MR) is 75.0 cm³/mol. The smallest absolute Gasteiger partial charge is 0.531 e. The second-order valence-corrected chi connectivity index (χ2v) is 3.88. The van der Waals surface area contributed by atoms with Crippen molar-refractivity contribution in [3.05, 3.63) is 60.7 Å². The van der Waals surface area contributed by atoms with Gasteiger partial charge in [-0.2, -0.15) is 0 Å². The van der Waals surface area contributed by atoms with Crippen LogP contribution >= 0.6 is 0 Å². The minimum Gasteiger partial charge on any atom is -0.531 e. The summed E-state index contributed by atoms with van der Waals surface area (Å²) in [6.07, 6.45) is 0. The van der Waals surface area contributed by atoms with Crippen molar-refractivity contribution in [3.8, 4) is 5.75 Å². The molecular weight excluding hydrogens is 241 g/mol. The average Bonchev–Trinajstić information content (AvgIpc) is 2.48. The lowest BCUT2D eigenvalue weighted by atomic mass is 9.79. The van der Waals surface area contributed by atoms with Gasteiger partial charge in [0.15, 0.2) is 0 Å². The third-order valence-electron chi connectivity index (χ3n) is 2.41. The molecule has 0 aliphatic rings. The van der Waals surface area contributed by atoms with Gasteiger partial charge in [0, 0.05) is 6.54 Å². The number of nitrogens with two attached hydrogens (primary N) is 1. The first-order valence-electron chi connectivity index (χ1n) is 6.15. The van der Waals surface area contributed by atoms with Gasteiger partial charge in [0.25, 0.3) is 0 Å². The van der Waals surface area contributed by atoms with Crippen LogP contribution in [0.4, 0.5) is 0 Å². The Morgan fingerprint density at radius 3 is 2.16 bits per heavy atom. The molecule has 0 unspecified atom stereocenters. The Kier molecular flexibility index (Phi) is 5.43. The van der Waals surface area contributed by atoms with Gasteiger partial charge in [0.1, 0.15) is 5.75 Å². The van der Waals surface area contributed by atoms with Gasteiger partial charge >= 0.3 is 7.12 Å². The summed E-state index contributed by atoms with van der Waals surface area (Å²) in [5.74, 6) is 0.715. The molecule has 0 saturated heterocycles. The number of hydrogen-bond donors (Lipinski definition) is 1. The van der Waals surface area contributed by atoms with Crippen molar-refractivity contribution >= 4 is 12.6 Å². The predicted octanol–water partition coefficient (Wildman–Crippen LogP) is 1.37. The molecule has 0 fully saturated rings. The standard InChI is InChI=1S/C14H16BNO3/c16-11-12-17-19-15(13-7-3-1-4-8-13)18-14-9-5-2-6-10-14/h1-10H,11-12,16H2. The molecule has 2 rings (SSSR count). The van der Waals surface area contributed by atoms with E-state index in [-0.39, 0.29) is 0 Å². The topological polar surface area (TPSA) is 53.7 Å². The zero-order valence-electron chi connectivity index (χ0n) is 10.6. The van der Waals surface area contributed by atoms with Gasteiger partial charge in [0.05, 0.1) is 6.61 Å². The SMILES string of the molecule is NCCOOB(Oc1ccccc1)c1ccccc1. The molecule has 0 aliphatic heterocycles. The van der Waals surface area contributed by atoms with Crippen LogP contribution in [0.15, 0.2) is 60.7 Å². The van der Waals surface area contributed by atoms with Crippen LogP contribution in [0.5, 0.6) is 5.75 Å². The zero-order chi connectivity index (χ0) is 13.3. The molecule has 0 heterocycles. The van der Waals surface area contributed by atoms with Crippen molar-refractivity contribution in [2.24, 2.45) is 5.73 Å². The minimum atomic E-state index is -0.616. The first-order chi connectivity index (χ1) is 9.40. The number of hydrogen-bond acceptors (Lipinski definition) is 4. The van der Waals surface area contributed by atoms with Crippen LogP contribution in [-0.2, 0) is 9.69 Å². The van der Waals surface area contributed by atoms with E-state index in [4.69, 9.17) is 20.1 Å². The molecule has 2 aromatic rings. The fourth-order valence-corrected chi connectivity index (χ4v) is 1.53. The van der Waals surface area contributed by atoms with Gasteiger partial charge in [-0.1, -0.05) is 48.5 Å². The van der Waals surface area contributed by atoms with Gasteiger partial charge in [-0.15, -0.1) is 0 Å². The third kappa shape index (κ3) is 4.41. The highest BCUT2D eigenvalue weighted by atomic mass is 17.2. The molecule has 19 heavy (non-hydrogen) atoms.